The summed E-state index contributed by atoms with van der Waals surface area (Å²) < 4.78 is 11.0. The Balaban J connectivity index is 2.16. The number of amides is 2. The smallest absolute Gasteiger partial charge is 0.408 e. The van der Waals surface area contributed by atoms with Gasteiger partial charge in [0, 0.05) is 12.3 Å². The number of hydrogen-bond donors (Lipinski definition) is 2. The van der Waals surface area contributed by atoms with Gasteiger partial charge in [-0.05, 0) is 60.0 Å². The largest absolute Gasteiger partial charge is 0.444 e. The first kappa shape index (κ1) is 29.1. The van der Waals surface area contributed by atoms with Crippen LogP contribution in [0.15, 0.2) is 9.64 Å². The molecule has 0 aliphatic heterocycles. The Hall–Kier alpha value is -2.14. The van der Waals surface area contributed by atoms with E-state index in [4.69, 9.17) is 9.15 Å². The van der Waals surface area contributed by atoms with Gasteiger partial charge in [0.05, 0.1) is 6.04 Å². The van der Waals surface area contributed by atoms with Gasteiger partial charge in [-0.1, -0.05) is 44.9 Å². The summed E-state index contributed by atoms with van der Waals surface area (Å²) in [5, 5.41) is 13.9. The van der Waals surface area contributed by atoms with E-state index in [-0.39, 0.29) is 17.7 Å². The molecule has 1 heterocycles. The molecule has 1 saturated carbocycles. The van der Waals surface area contributed by atoms with E-state index < -0.39 is 29.1 Å². The summed E-state index contributed by atoms with van der Waals surface area (Å²) in [6.45, 7) is 10.1. The Morgan fingerprint density at radius 1 is 1.14 bits per heavy atom. The van der Waals surface area contributed by atoms with E-state index >= 15 is 0 Å². The lowest BCUT2D eigenvalue weighted by atomic mass is 9.80. The van der Waals surface area contributed by atoms with Crippen LogP contribution in [0, 0.1) is 5.92 Å². The molecule has 1 aromatic heterocycles. The number of nitrogens with zero attached hydrogens (tertiary/aromatic N) is 3. The molecule has 0 bridgehead atoms. The van der Waals surface area contributed by atoms with Gasteiger partial charge in [0.15, 0.2) is 0 Å². The van der Waals surface area contributed by atoms with Crippen molar-refractivity contribution in [3.8, 4) is 0 Å². The van der Waals surface area contributed by atoms with Gasteiger partial charge in [-0.15, -0.1) is 10.2 Å². The van der Waals surface area contributed by atoms with Crippen molar-refractivity contribution in [1.29, 1.82) is 0 Å². The molecule has 0 spiro atoms. The minimum Gasteiger partial charge on any atom is -0.444 e. The van der Waals surface area contributed by atoms with E-state index in [1.54, 1.807) is 20.8 Å². The van der Waals surface area contributed by atoms with Crippen LogP contribution in [0.2, 0.25) is 0 Å². The first-order valence-corrected chi connectivity index (χ1v) is 13.3. The number of rotatable bonds is 11. The van der Waals surface area contributed by atoms with E-state index in [2.05, 4.69) is 20.8 Å². The zero-order chi connectivity index (χ0) is 26.2. The second kappa shape index (κ2) is 12.7. The van der Waals surface area contributed by atoms with Crippen molar-refractivity contribution >= 4 is 29.5 Å². The summed E-state index contributed by atoms with van der Waals surface area (Å²) >= 11 is 1.38. The predicted molar refractivity (Wildman–Crippen MR) is 134 cm³/mol. The van der Waals surface area contributed by atoms with Crippen molar-refractivity contribution in [2.24, 2.45) is 5.92 Å². The molecule has 10 nitrogen and oxygen atoms in total. The number of ether oxygens (including phenoxy) is 1. The highest BCUT2D eigenvalue weighted by Gasteiger charge is 2.43. The van der Waals surface area contributed by atoms with Crippen LogP contribution in [0.1, 0.15) is 83.8 Å². The quantitative estimate of drug-likeness (QED) is 0.338. The van der Waals surface area contributed by atoms with Gasteiger partial charge in [0.2, 0.25) is 11.7 Å². The molecular formula is C24H41N5O5S. The fraction of sp³-hybridized carbons (Fsp3) is 0.792. The van der Waals surface area contributed by atoms with Gasteiger partial charge >= 0.3 is 6.09 Å². The summed E-state index contributed by atoms with van der Waals surface area (Å²) in [4.78, 5) is 41.4. The molecule has 1 aliphatic carbocycles. The number of carbonyl (C=O) groups excluding carboxylic acids is 3. The lowest BCUT2D eigenvalue weighted by Gasteiger charge is -2.38. The fourth-order valence-corrected chi connectivity index (χ4v) is 4.76. The third kappa shape index (κ3) is 9.44. The van der Waals surface area contributed by atoms with Crippen LogP contribution in [0.25, 0.3) is 0 Å². The van der Waals surface area contributed by atoms with Crippen molar-refractivity contribution in [1.82, 2.24) is 25.7 Å². The molecule has 1 aliphatic rings. The molecule has 1 atom stereocenters. The summed E-state index contributed by atoms with van der Waals surface area (Å²) in [6, 6.07) is -0.846. The zero-order valence-electron chi connectivity index (χ0n) is 22.1. The van der Waals surface area contributed by atoms with E-state index in [0.717, 1.165) is 31.6 Å². The van der Waals surface area contributed by atoms with E-state index in [1.165, 1.54) is 11.8 Å². The van der Waals surface area contributed by atoms with Crippen LogP contribution in [-0.2, 0) is 9.53 Å². The number of thioether (sulfide) groups is 1. The normalized spacial score (nSPS) is 16.7. The Bertz CT molecular complexity index is 859. The maximum absolute atomic E-state index is 13.6. The average Bonchev–Trinajstić information content (AvgIpc) is 3.20. The molecular weight excluding hydrogens is 470 g/mol. The highest BCUT2D eigenvalue weighted by Crippen LogP contribution is 2.30. The molecule has 1 aromatic rings. The van der Waals surface area contributed by atoms with Gasteiger partial charge in [0.25, 0.3) is 11.1 Å². The Morgan fingerprint density at radius 2 is 1.80 bits per heavy atom. The number of Topliss-reactive ketones (excluding diaryl/α,β-unsaturated/α-hetero) is 1. The summed E-state index contributed by atoms with van der Waals surface area (Å²) in [5.74, 6) is -0.0684. The topological polar surface area (TPSA) is 127 Å². The first-order chi connectivity index (χ1) is 16.3. The Kier molecular flexibility index (Phi) is 10.6. The molecule has 198 valence electrons. The first-order valence-electron chi connectivity index (χ1n) is 12.3. The SMILES string of the molecule is CC(C)CC(NC(=O)C1(NC(=O)OC(C)(C)C)CCCCC1)C(=O)c1nnc(SCCN(C)C)o1. The number of hydrogen-bond acceptors (Lipinski definition) is 9. The summed E-state index contributed by atoms with van der Waals surface area (Å²) in [6.07, 6.45) is 3.29. The number of nitrogens with one attached hydrogen (secondary N) is 2. The van der Waals surface area contributed by atoms with Crippen molar-refractivity contribution in [3.05, 3.63) is 5.89 Å². The third-order valence-corrected chi connectivity index (χ3v) is 6.39. The molecule has 11 heteroatoms. The minimum atomic E-state index is -1.13. The lowest BCUT2D eigenvalue weighted by Crippen LogP contribution is -2.62. The summed E-state index contributed by atoms with van der Waals surface area (Å²) in [5.41, 5.74) is -1.81. The number of carbonyl (C=O) groups is 3. The molecule has 2 N–H and O–H groups in total. The Morgan fingerprint density at radius 3 is 2.37 bits per heavy atom. The van der Waals surface area contributed by atoms with Crippen molar-refractivity contribution in [2.75, 3.05) is 26.4 Å². The molecule has 0 saturated heterocycles. The third-order valence-electron chi connectivity index (χ3n) is 5.59. The van der Waals surface area contributed by atoms with E-state index in [0.29, 0.717) is 24.5 Å². The Labute approximate surface area is 212 Å². The molecule has 1 fully saturated rings. The van der Waals surface area contributed by atoms with E-state index in [1.807, 2.05) is 32.8 Å². The van der Waals surface area contributed by atoms with Crippen LogP contribution in [0.4, 0.5) is 4.79 Å². The van der Waals surface area contributed by atoms with Gasteiger partial charge in [-0.2, -0.15) is 0 Å². The van der Waals surface area contributed by atoms with Crippen LogP contribution >= 0.6 is 11.8 Å². The number of aromatic nitrogens is 2. The van der Waals surface area contributed by atoms with Crippen LogP contribution in [0.3, 0.4) is 0 Å². The average molecular weight is 512 g/mol. The van der Waals surface area contributed by atoms with Crippen molar-refractivity contribution < 1.29 is 23.5 Å². The maximum Gasteiger partial charge on any atom is 0.408 e. The molecule has 2 amide bonds. The van der Waals surface area contributed by atoms with Gasteiger partial charge in [-0.3, -0.25) is 9.59 Å². The standard InChI is InChI=1S/C24H41N5O5S/c1-16(2)15-17(18(30)19-27-28-22(33-19)35-14-13-29(6)7)25-20(31)24(11-9-8-10-12-24)26-21(32)34-23(3,4)5/h16-17H,8-15H2,1-7H3,(H,25,31)(H,26,32). The zero-order valence-corrected chi connectivity index (χ0v) is 22.9. The highest BCUT2D eigenvalue weighted by atomic mass is 32.2. The van der Waals surface area contributed by atoms with Crippen molar-refractivity contribution in [2.45, 2.75) is 95.5 Å². The molecule has 1 unspecified atom stereocenters. The lowest BCUT2D eigenvalue weighted by molar-refractivity contribution is -0.129. The fourth-order valence-electron chi connectivity index (χ4n) is 3.89. The van der Waals surface area contributed by atoms with Gasteiger partial charge in [0.1, 0.15) is 11.1 Å². The van der Waals surface area contributed by atoms with Crippen LogP contribution < -0.4 is 10.6 Å². The van der Waals surface area contributed by atoms with Gasteiger partial charge < -0.3 is 24.7 Å². The van der Waals surface area contributed by atoms with Crippen molar-refractivity contribution in [3.63, 3.8) is 0 Å². The highest BCUT2D eigenvalue weighted by molar-refractivity contribution is 7.99. The second-order valence-corrected chi connectivity index (χ2v) is 11.9. The summed E-state index contributed by atoms with van der Waals surface area (Å²) in [7, 11) is 3.94. The van der Waals surface area contributed by atoms with Gasteiger partial charge in [-0.25, -0.2) is 4.79 Å². The minimum absolute atomic E-state index is 0.124. The molecule has 0 radical (unpaired) electrons. The molecule has 0 aromatic carbocycles. The van der Waals surface area contributed by atoms with E-state index in [9.17, 15) is 14.4 Å². The maximum atomic E-state index is 13.6. The number of ketones is 1. The number of alkyl carbamates (subject to hydrolysis) is 1. The predicted octanol–water partition coefficient (Wildman–Crippen LogP) is 3.66. The monoisotopic (exact) mass is 511 g/mol. The molecule has 35 heavy (non-hydrogen) atoms. The van der Waals surface area contributed by atoms with Crippen LogP contribution in [0.5, 0.6) is 0 Å². The molecule has 2 rings (SSSR count). The van der Waals surface area contributed by atoms with Crippen LogP contribution in [-0.4, -0.2) is 76.5 Å². The second-order valence-electron chi connectivity index (χ2n) is 10.8.